The second-order valence-electron chi connectivity index (χ2n) is 3.99. The molecule has 2 aromatic carbocycles. The largest absolute Gasteiger partial charge is 0.452 e. The second kappa shape index (κ2) is 7.31. The summed E-state index contributed by atoms with van der Waals surface area (Å²) in [6.45, 7) is 0. The van der Waals surface area contributed by atoms with Gasteiger partial charge in [-0.3, -0.25) is 4.79 Å². The molecule has 0 saturated heterocycles. The summed E-state index contributed by atoms with van der Waals surface area (Å²) in [5, 5.41) is -0.633. The van der Waals surface area contributed by atoms with Gasteiger partial charge in [0.15, 0.2) is 5.76 Å². The number of para-hydroxylation sites is 1. The third kappa shape index (κ3) is 4.41. The lowest BCUT2D eigenvalue weighted by atomic mass is 10.2. The Balaban J connectivity index is 2.11. The van der Waals surface area contributed by atoms with Gasteiger partial charge in [0, 0.05) is 0 Å². The normalized spacial score (nSPS) is 11.6. The zero-order valence-corrected chi connectivity index (χ0v) is 11.5. The molecule has 0 fully saturated rings. The number of carbonyl (C=O) groups excluding carboxylic acids is 1. The van der Waals surface area contributed by atoms with Gasteiger partial charge in [-0.25, -0.2) is 0 Å². The fourth-order valence-corrected chi connectivity index (χ4v) is 1.67. The first kappa shape index (κ1) is 14.1. The molecule has 0 atom stereocenters. The Bertz CT molecular complexity index is 616. The summed E-state index contributed by atoms with van der Waals surface area (Å²) < 4.78 is 5.44. The number of rotatable bonds is 5. The average Bonchev–Trinajstić information content (AvgIpc) is 2.48. The monoisotopic (exact) mass is 284 g/mol. The molecule has 0 amide bonds. The Morgan fingerprint density at radius 3 is 2.15 bits per heavy atom. The van der Waals surface area contributed by atoms with E-state index in [0.717, 1.165) is 5.56 Å². The van der Waals surface area contributed by atoms with Gasteiger partial charge >= 0.3 is 0 Å². The van der Waals surface area contributed by atoms with Crippen LogP contribution in [-0.2, 0) is 4.79 Å². The van der Waals surface area contributed by atoms with Crippen molar-refractivity contribution >= 4 is 22.9 Å². The van der Waals surface area contributed by atoms with Crippen LogP contribution in [-0.4, -0.2) is 5.24 Å². The molecule has 20 heavy (non-hydrogen) atoms. The van der Waals surface area contributed by atoms with E-state index in [2.05, 4.69) is 0 Å². The maximum Gasteiger partial charge on any atom is 0.287 e. The lowest BCUT2D eigenvalue weighted by molar-refractivity contribution is -0.110. The first-order chi connectivity index (χ1) is 9.75. The minimum Gasteiger partial charge on any atom is -0.452 e. The topological polar surface area (TPSA) is 26.3 Å². The lowest BCUT2D eigenvalue weighted by Gasteiger charge is -2.04. The Labute approximate surface area is 123 Å². The molecule has 0 unspecified atom stereocenters. The SMILES string of the molecule is O=C(Cl)C(=CC=Cc1ccccc1)Oc1ccccc1. The molecule has 2 rings (SSSR count). The Kier molecular flexibility index (Phi) is 5.15. The number of hydrogen-bond donors (Lipinski definition) is 0. The molecule has 0 spiro atoms. The van der Waals surface area contributed by atoms with Gasteiger partial charge in [-0.2, -0.15) is 0 Å². The number of benzene rings is 2. The van der Waals surface area contributed by atoms with E-state index in [4.69, 9.17) is 16.3 Å². The average molecular weight is 285 g/mol. The van der Waals surface area contributed by atoms with Crippen LogP contribution in [0.2, 0.25) is 0 Å². The third-order valence-electron chi connectivity index (χ3n) is 2.50. The fraction of sp³-hybridized carbons (Fsp3) is 0. The summed E-state index contributed by atoms with van der Waals surface area (Å²) in [5.74, 6) is 0.658. The van der Waals surface area contributed by atoms with Crippen LogP contribution in [0.5, 0.6) is 5.75 Å². The molecule has 2 nitrogen and oxygen atoms in total. The summed E-state index contributed by atoms with van der Waals surface area (Å²) in [7, 11) is 0. The number of halogens is 1. The van der Waals surface area contributed by atoms with E-state index in [1.807, 2.05) is 54.6 Å². The molecular formula is C17H13ClO2. The summed E-state index contributed by atoms with van der Waals surface area (Å²) in [4.78, 5) is 11.3. The molecule has 3 heteroatoms. The second-order valence-corrected chi connectivity index (χ2v) is 4.33. The van der Waals surface area contributed by atoms with E-state index in [1.54, 1.807) is 24.3 Å². The highest BCUT2D eigenvalue weighted by atomic mass is 35.5. The molecule has 0 bridgehead atoms. The van der Waals surface area contributed by atoms with Crippen LogP contribution in [0.4, 0.5) is 0 Å². The zero-order valence-electron chi connectivity index (χ0n) is 10.7. The van der Waals surface area contributed by atoms with Crippen LogP contribution in [0, 0.1) is 0 Å². The minimum atomic E-state index is -0.633. The van der Waals surface area contributed by atoms with Crippen LogP contribution in [0.25, 0.3) is 6.08 Å². The van der Waals surface area contributed by atoms with Crippen LogP contribution < -0.4 is 4.74 Å². The highest BCUT2D eigenvalue weighted by molar-refractivity contribution is 6.67. The molecule has 0 N–H and O–H groups in total. The molecule has 0 aliphatic heterocycles. The molecule has 100 valence electrons. The predicted octanol–water partition coefficient (Wildman–Crippen LogP) is 4.43. The molecule has 2 aromatic rings. The lowest BCUT2D eigenvalue weighted by Crippen LogP contribution is -2.02. The van der Waals surface area contributed by atoms with Gasteiger partial charge in [0.2, 0.25) is 0 Å². The third-order valence-corrected chi connectivity index (χ3v) is 2.69. The highest BCUT2D eigenvalue weighted by Gasteiger charge is 2.07. The summed E-state index contributed by atoms with van der Waals surface area (Å²) in [6, 6.07) is 18.8. The van der Waals surface area contributed by atoms with Crippen molar-refractivity contribution in [2.75, 3.05) is 0 Å². The summed E-state index contributed by atoms with van der Waals surface area (Å²) >= 11 is 5.51. The van der Waals surface area contributed by atoms with Gasteiger partial charge in [-0.05, 0) is 35.4 Å². The van der Waals surface area contributed by atoms with Crippen LogP contribution in [0.3, 0.4) is 0 Å². The Morgan fingerprint density at radius 2 is 1.55 bits per heavy atom. The van der Waals surface area contributed by atoms with Gasteiger partial charge < -0.3 is 4.74 Å². The molecular weight excluding hydrogens is 272 g/mol. The van der Waals surface area contributed by atoms with Crippen molar-refractivity contribution in [2.24, 2.45) is 0 Å². The van der Waals surface area contributed by atoms with Gasteiger partial charge in [0.05, 0.1) is 0 Å². The molecule has 0 heterocycles. The smallest absolute Gasteiger partial charge is 0.287 e. The van der Waals surface area contributed by atoms with Gasteiger partial charge in [0.1, 0.15) is 5.75 Å². The zero-order chi connectivity index (χ0) is 14.2. The number of allylic oxidation sites excluding steroid dienone is 3. The quantitative estimate of drug-likeness (QED) is 0.351. The van der Waals surface area contributed by atoms with E-state index in [1.165, 1.54) is 0 Å². The van der Waals surface area contributed by atoms with Crippen molar-refractivity contribution in [3.05, 3.63) is 84.1 Å². The Hall–Kier alpha value is -2.32. The number of hydrogen-bond acceptors (Lipinski definition) is 2. The van der Waals surface area contributed by atoms with Crippen molar-refractivity contribution in [3.63, 3.8) is 0 Å². The van der Waals surface area contributed by atoms with Gasteiger partial charge in [0.25, 0.3) is 5.24 Å². The van der Waals surface area contributed by atoms with E-state index < -0.39 is 5.24 Å². The maximum absolute atomic E-state index is 11.3. The van der Waals surface area contributed by atoms with Crippen molar-refractivity contribution < 1.29 is 9.53 Å². The first-order valence-electron chi connectivity index (χ1n) is 6.12. The molecule has 0 radical (unpaired) electrons. The number of carbonyl (C=O) groups is 1. The van der Waals surface area contributed by atoms with Crippen molar-refractivity contribution in [3.8, 4) is 5.75 Å². The van der Waals surface area contributed by atoms with Crippen LogP contribution in [0.1, 0.15) is 5.56 Å². The first-order valence-corrected chi connectivity index (χ1v) is 6.49. The minimum absolute atomic E-state index is 0.0880. The van der Waals surface area contributed by atoms with Gasteiger partial charge in [-0.1, -0.05) is 60.7 Å². The Morgan fingerprint density at radius 1 is 0.950 bits per heavy atom. The molecule has 0 saturated carbocycles. The molecule has 0 aliphatic carbocycles. The summed E-state index contributed by atoms with van der Waals surface area (Å²) in [6.07, 6.45) is 5.15. The van der Waals surface area contributed by atoms with Crippen molar-refractivity contribution in [2.45, 2.75) is 0 Å². The van der Waals surface area contributed by atoms with E-state index in [-0.39, 0.29) is 5.76 Å². The van der Waals surface area contributed by atoms with Crippen LogP contribution in [0.15, 0.2) is 78.6 Å². The highest BCUT2D eigenvalue weighted by Crippen LogP contribution is 2.14. The maximum atomic E-state index is 11.3. The van der Waals surface area contributed by atoms with E-state index in [9.17, 15) is 4.79 Å². The standard InChI is InChI=1S/C17H13ClO2/c18-17(19)16(20-15-11-5-2-6-12-15)13-7-10-14-8-3-1-4-9-14/h1-13H. The molecule has 0 aliphatic rings. The van der Waals surface area contributed by atoms with Gasteiger partial charge in [-0.15, -0.1) is 0 Å². The van der Waals surface area contributed by atoms with E-state index in [0.29, 0.717) is 5.75 Å². The summed E-state index contributed by atoms with van der Waals surface area (Å²) in [5.41, 5.74) is 1.03. The fourth-order valence-electron chi connectivity index (χ4n) is 1.57. The van der Waals surface area contributed by atoms with E-state index >= 15 is 0 Å². The molecule has 0 aromatic heterocycles. The number of ether oxygens (including phenoxy) is 1. The predicted molar refractivity (Wildman–Crippen MR) is 81.5 cm³/mol. The van der Waals surface area contributed by atoms with Crippen molar-refractivity contribution in [1.29, 1.82) is 0 Å². The van der Waals surface area contributed by atoms with Crippen LogP contribution >= 0.6 is 11.6 Å². The van der Waals surface area contributed by atoms with Crippen molar-refractivity contribution in [1.82, 2.24) is 0 Å².